The number of allylic oxidation sites excluding steroid dienone is 1. The molecule has 0 fully saturated rings. The van der Waals surface area contributed by atoms with Crippen LogP contribution in [0.2, 0.25) is 0 Å². The van der Waals surface area contributed by atoms with Crippen LogP contribution in [-0.4, -0.2) is 23.3 Å². The number of aliphatic hydroxyl groups excluding tert-OH is 1. The van der Waals surface area contributed by atoms with E-state index in [4.69, 9.17) is 0 Å². The number of Topliss-reactive ketones (excluding diaryl/α,β-unsaturated/α-hetero) is 1. The van der Waals surface area contributed by atoms with Gasteiger partial charge in [0.2, 0.25) is 0 Å². The molecule has 0 heterocycles. The Bertz CT molecular complexity index is 287. The van der Waals surface area contributed by atoms with Crippen LogP contribution in [0.1, 0.15) is 27.2 Å². The van der Waals surface area contributed by atoms with Crippen LogP contribution < -0.4 is 0 Å². The molecule has 0 saturated heterocycles. The maximum absolute atomic E-state index is 11.3. The Morgan fingerprint density at radius 1 is 1.54 bits per heavy atom. The molecule has 0 aromatic carbocycles. The van der Waals surface area contributed by atoms with E-state index in [1.54, 1.807) is 6.92 Å². The number of aliphatic hydroxyl groups is 1. The van der Waals surface area contributed by atoms with Crippen LogP contribution in [0.4, 0.5) is 0 Å². The average molecular weight is 182 g/mol. The van der Waals surface area contributed by atoms with Crippen LogP contribution in [0.3, 0.4) is 0 Å². The zero-order chi connectivity index (χ0) is 10.2. The molecule has 0 spiro atoms. The molecule has 0 aromatic rings. The minimum absolute atomic E-state index is 0.318. The fraction of sp³-hybridized carbons (Fsp3) is 0.600. The van der Waals surface area contributed by atoms with E-state index < -0.39 is 6.10 Å². The number of carbonyl (C=O) groups is 2. The van der Waals surface area contributed by atoms with Crippen LogP contribution in [-0.2, 0) is 9.59 Å². The van der Waals surface area contributed by atoms with Gasteiger partial charge in [-0.1, -0.05) is 13.8 Å². The van der Waals surface area contributed by atoms with Gasteiger partial charge in [-0.15, -0.1) is 0 Å². The fourth-order valence-electron chi connectivity index (χ4n) is 1.82. The molecule has 0 unspecified atom stereocenters. The zero-order valence-electron chi connectivity index (χ0n) is 8.13. The van der Waals surface area contributed by atoms with Crippen molar-refractivity contribution in [2.24, 2.45) is 5.41 Å². The molecular weight excluding hydrogens is 168 g/mol. The summed E-state index contributed by atoms with van der Waals surface area (Å²) in [6.45, 7) is 5.31. The van der Waals surface area contributed by atoms with E-state index >= 15 is 0 Å². The quantitative estimate of drug-likeness (QED) is 0.612. The van der Waals surface area contributed by atoms with Gasteiger partial charge in [-0.3, -0.25) is 9.59 Å². The number of aldehydes is 1. The molecule has 72 valence electrons. The van der Waals surface area contributed by atoms with Crippen LogP contribution in [0, 0.1) is 5.41 Å². The third kappa shape index (κ3) is 1.56. The molecule has 0 bridgehead atoms. The molecule has 1 N–H and O–H groups in total. The molecule has 0 radical (unpaired) electrons. The summed E-state index contributed by atoms with van der Waals surface area (Å²) in [5, 5.41) is 9.40. The van der Waals surface area contributed by atoms with Gasteiger partial charge in [0.1, 0.15) is 12.4 Å². The van der Waals surface area contributed by atoms with Gasteiger partial charge in [0, 0.05) is 11.1 Å². The van der Waals surface area contributed by atoms with Crippen molar-refractivity contribution >= 4 is 12.1 Å². The summed E-state index contributed by atoms with van der Waals surface area (Å²) < 4.78 is 0. The highest BCUT2D eigenvalue weighted by atomic mass is 16.3. The number of rotatable bonds is 1. The van der Waals surface area contributed by atoms with Crippen molar-refractivity contribution in [3.63, 3.8) is 0 Å². The molecule has 1 rings (SSSR count). The minimum Gasteiger partial charge on any atom is -0.385 e. The first kappa shape index (κ1) is 10.1. The second kappa shape index (κ2) is 3.07. The highest BCUT2D eigenvalue weighted by Crippen LogP contribution is 2.37. The molecule has 0 amide bonds. The summed E-state index contributed by atoms with van der Waals surface area (Å²) in [5.41, 5.74) is 0.528. The molecule has 1 aliphatic carbocycles. The van der Waals surface area contributed by atoms with E-state index in [1.807, 2.05) is 13.8 Å². The van der Waals surface area contributed by atoms with Gasteiger partial charge in [0.05, 0.1) is 0 Å². The Morgan fingerprint density at radius 3 is 2.54 bits per heavy atom. The zero-order valence-corrected chi connectivity index (χ0v) is 8.13. The molecular formula is C10H14O3. The molecule has 0 aromatic heterocycles. The first-order chi connectivity index (χ1) is 5.90. The van der Waals surface area contributed by atoms with Crippen LogP contribution >= 0.6 is 0 Å². The Kier molecular flexibility index (Phi) is 2.39. The summed E-state index contributed by atoms with van der Waals surface area (Å²) in [6, 6.07) is 0. The molecule has 1 aliphatic rings. The molecule has 0 saturated carbocycles. The van der Waals surface area contributed by atoms with E-state index in [0.29, 0.717) is 17.6 Å². The number of carbonyl (C=O) groups excluding carboxylic acids is 2. The molecule has 13 heavy (non-hydrogen) atoms. The van der Waals surface area contributed by atoms with Gasteiger partial charge in [0.25, 0.3) is 0 Å². The first-order valence-electron chi connectivity index (χ1n) is 4.29. The fourth-order valence-corrected chi connectivity index (χ4v) is 1.82. The van der Waals surface area contributed by atoms with Crippen molar-refractivity contribution in [3.05, 3.63) is 11.1 Å². The van der Waals surface area contributed by atoms with Gasteiger partial charge >= 0.3 is 0 Å². The number of hydrogen-bond acceptors (Lipinski definition) is 3. The first-order valence-corrected chi connectivity index (χ1v) is 4.29. The van der Waals surface area contributed by atoms with Crippen LogP contribution in [0.5, 0.6) is 0 Å². The lowest BCUT2D eigenvalue weighted by molar-refractivity contribution is -0.126. The number of ketones is 1. The third-order valence-corrected chi connectivity index (χ3v) is 2.63. The normalized spacial score (nSPS) is 27.7. The summed E-state index contributed by atoms with van der Waals surface area (Å²) >= 11 is 0. The largest absolute Gasteiger partial charge is 0.385 e. The Morgan fingerprint density at radius 2 is 2.08 bits per heavy atom. The summed E-state index contributed by atoms with van der Waals surface area (Å²) in [5.74, 6) is -0.318. The van der Waals surface area contributed by atoms with E-state index in [-0.39, 0.29) is 11.2 Å². The van der Waals surface area contributed by atoms with Crippen LogP contribution in [0.15, 0.2) is 11.1 Å². The lowest BCUT2D eigenvalue weighted by Gasteiger charge is -2.33. The molecule has 3 heteroatoms. The summed E-state index contributed by atoms with van der Waals surface area (Å²) in [7, 11) is 0. The van der Waals surface area contributed by atoms with E-state index in [1.165, 1.54) is 0 Å². The van der Waals surface area contributed by atoms with Crippen molar-refractivity contribution in [1.82, 2.24) is 0 Å². The Hall–Kier alpha value is -0.960. The Labute approximate surface area is 77.4 Å². The smallest absolute Gasteiger partial charge is 0.187 e. The third-order valence-electron chi connectivity index (χ3n) is 2.63. The van der Waals surface area contributed by atoms with Gasteiger partial charge in [-0.05, 0) is 18.8 Å². The van der Waals surface area contributed by atoms with Crippen LogP contribution in [0.25, 0.3) is 0 Å². The van der Waals surface area contributed by atoms with Crippen molar-refractivity contribution < 1.29 is 14.7 Å². The minimum atomic E-state index is -0.946. The van der Waals surface area contributed by atoms with E-state index in [2.05, 4.69) is 0 Å². The second-order valence-electron chi connectivity index (χ2n) is 4.12. The Balaban J connectivity index is 3.23. The standard InChI is InChI=1S/C10H14O3/c1-6-7(5-11)10(2,3)4-8(12)9(6)13/h5,8,12H,4H2,1-3H3/t8-/m0/s1. The van der Waals surface area contributed by atoms with Crippen molar-refractivity contribution in [1.29, 1.82) is 0 Å². The lowest BCUT2D eigenvalue weighted by Crippen LogP contribution is -2.36. The van der Waals surface area contributed by atoms with Crippen molar-refractivity contribution in [2.75, 3.05) is 0 Å². The van der Waals surface area contributed by atoms with Gasteiger partial charge in [-0.2, -0.15) is 0 Å². The molecule has 1 atom stereocenters. The maximum Gasteiger partial charge on any atom is 0.187 e. The maximum atomic E-state index is 11.3. The highest BCUT2D eigenvalue weighted by molar-refractivity contribution is 6.04. The molecule has 0 aliphatic heterocycles. The summed E-state index contributed by atoms with van der Waals surface area (Å²) in [6.07, 6.45) is 0.106. The van der Waals surface area contributed by atoms with E-state index in [0.717, 1.165) is 6.29 Å². The lowest BCUT2D eigenvalue weighted by atomic mass is 9.72. The topological polar surface area (TPSA) is 54.4 Å². The highest BCUT2D eigenvalue weighted by Gasteiger charge is 2.37. The van der Waals surface area contributed by atoms with Gasteiger partial charge in [-0.25, -0.2) is 0 Å². The molecule has 3 nitrogen and oxygen atoms in total. The van der Waals surface area contributed by atoms with Gasteiger partial charge < -0.3 is 5.11 Å². The monoisotopic (exact) mass is 182 g/mol. The summed E-state index contributed by atoms with van der Waals surface area (Å²) in [4.78, 5) is 22.1. The predicted octanol–water partition coefficient (Wildman–Crippen LogP) is 0.862. The number of hydrogen-bond donors (Lipinski definition) is 1. The van der Waals surface area contributed by atoms with Crippen molar-refractivity contribution in [2.45, 2.75) is 33.3 Å². The van der Waals surface area contributed by atoms with Gasteiger partial charge in [0.15, 0.2) is 5.78 Å². The average Bonchev–Trinajstić information content (AvgIpc) is 2.00. The van der Waals surface area contributed by atoms with Crippen molar-refractivity contribution in [3.8, 4) is 0 Å². The second-order valence-corrected chi connectivity index (χ2v) is 4.12. The SMILES string of the molecule is CC1=C(C=O)C(C)(C)C[C@H](O)C1=O. The predicted molar refractivity (Wildman–Crippen MR) is 48.2 cm³/mol. The van der Waals surface area contributed by atoms with E-state index in [9.17, 15) is 14.7 Å².